The van der Waals surface area contributed by atoms with E-state index in [4.69, 9.17) is 9.47 Å². The molecule has 0 spiro atoms. The number of carbonyl (C=O) groups is 1. The Morgan fingerprint density at radius 1 is 1.19 bits per heavy atom. The standard InChI is InChI=1S/C20H25N3O3/c1-2-16-6-3-4-8-18(16)26-15-19(24)22-14-17-7-5-9-21-20(17)23-10-12-25-13-11-23/h3-9H,2,10-15H2,1H3,(H,22,24). The van der Waals surface area contributed by atoms with Gasteiger partial charge in [0.1, 0.15) is 11.6 Å². The van der Waals surface area contributed by atoms with Crippen LogP contribution in [0.15, 0.2) is 42.6 Å². The highest BCUT2D eigenvalue weighted by molar-refractivity contribution is 5.77. The molecule has 0 saturated carbocycles. The van der Waals surface area contributed by atoms with Crippen molar-refractivity contribution in [3.8, 4) is 5.75 Å². The fourth-order valence-electron chi connectivity index (χ4n) is 2.95. The largest absolute Gasteiger partial charge is 0.483 e. The minimum atomic E-state index is -0.146. The van der Waals surface area contributed by atoms with Crippen molar-refractivity contribution < 1.29 is 14.3 Å². The van der Waals surface area contributed by atoms with E-state index in [0.717, 1.165) is 42.2 Å². The summed E-state index contributed by atoms with van der Waals surface area (Å²) in [7, 11) is 0. The molecule has 0 unspecified atom stereocenters. The number of aryl methyl sites for hydroxylation is 1. The summed E-state index contributed by atoms with van der Waals surface area (Å²) < 4.78 is 11.1. The average molecular weight is 355 g/mol. The maximum atomic E-state index is 12.2. The number of benzene rings is 1. The fourth-order valence-corrected chi connectivity index (χ4v) is 2.95. The number of hydrogen-bond donors (Lipinski definition) is 1. The number of carbonyl (C=O) groups excluding carboxylic acids is 1. The van der Waals surface area contributed by atoms with Gasteiger partial charge in [0.25, 0.3) is 5.91 Å². The number of ether oxygens (including phenoxy) is 2. The molecular weight excluding hydrogens is 330 g/mol. The van der Waals surface area contributed by atoms with Crippen molar-refractivity contribution in [1.29, 1.82) is 0 Å². The number of morpholine rings is 1. The number of para-hydroxylation sites is 1. The third kappa shape index (κ3) is 4.73. The Kier molecular flexibility index (Phi) is 6.44. The lowest BCUT2D eigenvalue weighted by molar-refractivity contribution is -0.123. The molecule has 1 saturated heterocycles. The zero-order valence-electron chi connectivity index (χ0n) is 15.1. The maximum absolute atomic E-state index is 12.2. The van der Waals surface area contributed by atoms with Gasteiger partial charge in [0.2, 0.25) is 0 Å². The van der Waals surface area contributed by atoms with Gasteiger partial charge in [-0.05, 0) is 24.1 Å². The van der Waals surface area contributed by atoms with Crippen LogP contribution in [0, 0.1) is 0 Å². The number of hydrogen-bond acceptors (Lipinski definition) is 5. The Morgan fingerprint density at radius 2 is 1.96 bits per heavy atom. The van der Waals surface area contributed by atoms with E-state index < -0.39 is 0 Å². The van der Waals surface area contributed by atoms with Crippen molar-refractivity contribution in [2.45, 2.75) is 19.9 Å². The highest BCUT2D eigenvalue weighted by atomic mass is 16.5. The number of nitrogens with one attached hydrogen (secondary N) is 1. The third-order valence-electron chi connectivity index (χ3n) is 4.37. The van der Waals surface area contributed by atoms with Crippen molar-refractivity contribution in [3.63, 3.8) is 0 Å². The molecule has 1 aliphatic heterocycles. The fraction of sp³-hybridized carbons (Fsp3) is 0.400. The Hall–Kier alpha value is -2.60. The van der Waals surface area contributed by atoms with Crippen molar-refractivity contribution in [2.75, 3.05) is 37.8 Å². The lowest BCUT2D eigenvalue weighted by Gasteiger charge is -2.29. The number of aromatic nitrogens is 1. The SMILES string of the molecule is CCc1ccccc1OCC(=O)NCc1cccnc1N1CCOCC1. The molecule has 3 rings (SSSR count). The van der Waals surface area contributed by atoms with Crippen molar-refractivity contribution >= 4 is 11.7 Å². The lowest BCUT2D eigenvalue weighted by atomic mass is 10.1. The average Bonchev–Trinajstić information content (AvgIpc) is 2.71. The van der Waals surface area contributed by atoms with Gasteiger partial charge in [-0.1, -0.05) is 31.2 Å². The summed E-state index contributed by atoms with van der Waals surface area (Å²) in [5.41, 5.74) is 2.10. The third-order valence-corrected chi connectivity index (χ3v) is 4.37. The molecule has 0 bridgehead atoms. The highest BCUT2D eigenvalue weighted by Crippen LogP contribution is 2.19. The highest BCUT2D eigenvalue weighted by Gasteiger charge is 2.16. The molecule has 1 aromatic heterocycles. The van der Waals surface area contributed by atoms with Crippen LogP contribution >= 0.6 is 0 Å². The Labute approximate surface area is 154 Å². The first-order valence-electron chi connectivity index (χ1n) is 9.02. The van der Waals surface area contributed by atoms with Gasteiger partial charge >= 0.3 is 0 Å². The summed E-state index contributed by atoms with van der Waals surface area (Å²) in [5, 5.41) is 2.92. The van der Waals surface area contributed by atoms with Crippen molar-refractivity contribution in [1.82, 2.24) is 10.3 Å². The van der Waals surface area contributed by atoms with Crippen LogP contribution in [-0.2, 0) is 22.5 Å². The molecule has 1 aliphatic rings. The predicted octanol–water partition coefficient (Wildman–Crippen LogP) is 2.18. The first-order chi connectivity index (χ1) is 12.8. The second-order valence-corrected chi connectivity index (χ2v) is 6.11. The van der Waals surface area contributed by atoms with Gasteiger partial charge in [0, 0.05) is 31.4 Å². The molecule has 138 valence electrons. The monoisotopic (exact) mass is 355 g/mol. The first-order valence-corrected chi connectivity index (χ1v) is 9.02. The van der Waals surface area contributed by atoms with Crippen LogP contribution in [0.5, 0.6) is 5.75 Å². The Morgan fingerprint density at radius 3 is 2.77 bits per heavy atom. The van der Waals surface area contributed by atoms with E-state index in [1.807, 2.05) is 36.4 Å². The van der Waals surface area contributed by atoms with E-state index >= 15 is 0 Å². The Balaban J connectivity index is 1.55. The van der Waals surface area contributed by atoms with Crippen LogP contribution in [0.2, 0.25) is 0 Å². The van der Waals surface area contributed by atoms with E-state index in [0.29, 0.717) is 19.8 Å². The summed E-state index contributed by atoms with van der Waals surface area (Å²) >= 11 is 0. The summed E-state index contributed by atoms with van der Waals surface area (Å²) in [6, 6.07) is 11.7. The Bertz CT molecular complexity index is 730. The predicted molar refractivity (Wildman–Crippen MR) is 100 cm³/mol. The van der Waals surface area contributed by atoms with E-state index in [1.165, 1.54) is 0 Å². The molecule has 0 radical (unpaired) electrons. The molecule has 26 heavy (non-hydrogen) atoms. The first kappa shape index (κ1) is 18.2. The van der Waals surface area contributed by atoms with E-state index in [1.54, 1.807) is 6.20 Å². The molecule has 1 aromatic carbocycles. The second kappa shape index (κ2) is 9.20. The summed E-state index contributed by atoms with van der Waals surface area (Å²) in [5.74, 6) is 1.53. The lowest BCUT2D eigenvalue weighted by Crippen LogP contribution is -2.38. The van der Waals surface area contributed by atoms with Gasteiger partial charge in [0.05, 0.1) is 13.2 Å². The molecule has 2 heterocycles. The molecule has 0 atom stereocenters. The van der Waals surface area contributed by atoms with Gasteiger partial charge in [-0.25, -0.2) is 4.98 Å². The molecule has 6 nitrogen and oxygen atoms in total. The van der Waals surface area contributed by atoms with Crippen LogP contribution in [0.1, 0.15) is 18.1 Å². The molecule has 2 aromatic rings. The van der Waals surface area contributed by atoms with Crippen LogP contribution < -0.4 is 15.0 Å². The number of rotatable bonds is 7. The van der Waals surface area contributed by atoms with Crippen LogP contribution in [-0.4, -0.2) is 43.8 Å². The zero-order valence-corrected chi connectivity index (χ0v) is 15.1. The smallest absolute Gasteiger partial charge is 0.258 e. The van der Waals surface area contributed by atoms with Crippen LogP contribution in [0.4, 0.5) is 5.82 Å². The molecule has 1 amide bonds. The van der Waals surface area contributed by atoms with Crippen LogP contribution in [0.3, 0.4) is 0 Å². The minimum absolute atomic E-state index is 0.00413. The molecule has 0 aliphatic carbocycles. The summed E-state index contributed by atoms with van der Waals surface area (Å²) in [4.78, 5) is 18.9. The van der Waals surface area contributed by atoms with Crippen molar-refractivity contribution in [3.05, 3.63) is 53.7 Å². The normalized spacial score (nSPS) is 14.1. The topological polar surface area (TPSA) is 63.7 Å². The number of amides is 1. The minimum Gasteiger partial charge on any atom is -0.483 e. The number of pyridine rings is 1. The van der Waals surface area contributed by atoms with Gasteiger partial charge in [0.15, 0.2) is 6.61 Å². The molecular formula is C20H25N3O3. The molecule has 1 fully saturated rings. The van der Waals surface area contributed by atoms with Crippen LogP contribution in [0.25, 0.3) is 0 Å². The molecule has 6 heteroatoms. The maximum Gasteiger partial charge on any atom is 0.258 e. The van der Waals surface area contributed by atoms with E-state index in [-0.39, 0.29) is 12.5 Å². The van der Waals surface area contributed by atoms with E-state index in [9.17, 15) is 4.79 Å². The van der Waals surface area contributed by atoms with Crippen molar-refractivity contribution in [2.24, 2.45) is 0 Å². The van der Waals surface area contributed by atoms with Gasteiger partial charge in [-0.3, -0.25) is 4.79 Å². The number of anilines is 1. The second-order valence-electron chi connectivity index (χ2n) is 6.11. The summed E-state index contributed by atoms with van der Waals surface area (Å²) in [6.45, 7) is 5.53. The quantitative estimate of drug-likeness (QED) is 0.825. The molecule has 1 N–H and O–H groups in total. The zero-order chi connectivity index (χ0) is 18.2. The number of nitrogens with zero attached hydrogens (tertiary/aromatic N) is 2. The summed E-state index contributed by atoms with van der Waals surface area (Å²) in [6.07, 6.45) is 2.65. The van der Waals surface area contributed by atoms with Gasteiger partial charge < -0.3 is 19.7 Å². The van der Waals surface area contributed by atoms with Gasteiger partial charge in [-0.15, -0.1) is 0 Å². The van der Waals surface area contributed by atoms with Gasteiger partial charge in [-0.2, -0.15) is 0 Å². The van der Waals surface area contributed by atoms with E-state index in [2.05, 4.69) is 22.1 Å².